The van der Waals surface area contributed by atoms with Crippen LogP contribution in [-0.4, -0.2) is 96.7 Å². The zero-order chi connectivity index (χ0) is 73.2. The van der Waals surface area contributed by atoms with Crippen molar-refractivity contribution in [3.05, 3.63) is 146 Å². The van der Waals surface area contributed by atoms with Gasteiger partial charge in [-0.15, -0.1) is 0 Å². The number of ether oxygens (including phenoxy) is 4. The van der Waals surface area contributed by atoms with E-state index in [1.54, 1.807) is 0 Å². The number of hydrogen-bond donors (Lipinski definition) is 3. The van der Waals surface area contributed by atoms with Crippen molar-refractivity contribution in [1.82, 2.24) is 0 Å². The van der Waals surface area contributed by atoms with Crippen LogP contribution in [0, 0.1) is 0 Å². The number of hydrogen-bond acceptors (Lipinski definition) is 15. The highest BCUT2D eigenvalue weighted by molar-refractivity contribution is 7.47. The molecule has 0 aliphatic heterocycles. The predicted octanol–water partition coefficient (Wildman–Crippen LogP) is 21.9. The van der Waals surface area contributed by atoms with Gasteiger partial charge < -0.3 is 33.8 Å². The summed E-state index contributed by atoms with van der Waals surface area (Å²) in [5, 5.41) is 10.6. The number of allylic oxidation sites excluding steroid dienone is 24. The third-order valence-corrected chi connectivity index (χ3v) is 17.2. The Labute approximate surface area is 605 Å². The van der Waals surface area contributed by atoms with E-state index in [0.29, 0.717) is 25.7 Å². The summed E-state index contributed by atoms with van der Waals surface area (Å²) < 4.78 is 68.4. The van der Waals surface area contributed by atoms with E-state index in [4.69, 9.17) is 37.0 Å². The molecule has 0 amide bonds. The fourth-order valence-electron chi connectivity index (χ4n) is 9.56. The molecule has 0 aromatic heterocycles. The molecule has 100 heavy (non-hydrogen) atoms. The van der Waals surface area contributed by atoms with Gasteiger partial charge in [-0.25, -0.2) is 9.13 Å². The zero-order valence-corrected chi connectivity index (χ0v) is 63.9. The molecule has 0 aliphatic rings. The largest absolute Gasteiger partial charge is 0.472 e. The van der Waals surface area contributed by atoms with Gasteiger partial charge in [-0.2, -0.15) is 0 Å². The molecule has 0 bridgehead atoms. The first kappa shape index (κ1) is 94.9. The molecule has 0 aromatic carbocycles. The molecule has 19 heteroatoms. The molecule has 5 unspecified atom stereocenters. The van der Waals surface area contributed by atoms with Gasteiger partial charge in [0.1, 0.15) is 19.3 Å². The SMILES string of the molecule is CC/C=C\C/C=C\C/C=C\C/C=C\CCCCC(=O)OCC(COP(=O)(O)OCC(O)COP(=O)(O)OCC(COC(=O)CCCCCCC/C=C\C/C=C\C/C=C\CC)OC(=O)CCCCCCC/C=C\C/C=C\C/C=C\CC)OC(=O)CCCCCCC/C=C\C/C=C\CCCCC. The molecule has 0 rings (SSSR count). The Kier molecular flexibility index (Phi) is 68.6. The molecule has 0 aromatic rings. The minimum Gasteiger partial charge on any atom is -0.462 e. The lowest BCUT2D eigenvalue weighted by Crippen LogP contribution is -2.30. The number of carbonyl (C=O) groups is 4. The summed E-state index contributed by atoms with van der Waals surface area (Å²) in [6, 6.07) is 0. The van der Waals surface area contributed by atoms with Crippen molar-refractivity contribution < 1.29 is 80.2 Å². The third-order valence-electron chi connectivity index (χ3n) is 15.3. The van der Waals surface area contributed by atoms with Crippen LogP contribution in [0.3, 0.4) is 0 Å². The number of aliphatic hydroxyl groups excluding tert-OH is 1. The number of phosphoric acid groups is 2. The van der Waals surface area contributed by atoms with Gasteiger partial charge >= 0.3 is 39.5 Å². The molecule has 570 valence electrons. The average Bonchev–Trinajstić information content (AvgIpc) is 1.01. The van der Waals surface area contributed by atoms with Gasteiger partial charge in [-0.1, -0.05) is 244 Å². The molecular weight excluding hydrogens is 1310 g/mol. The molecule has 0 fully saturated rings. The topological polar surface area (TPSA) is 237 Å². The lowest BCUT2D eigenvalue weighted by atomic mass is 10.1. The summed E-state index contributed by atoms with van der Waals surface area (Å²) in [5.41, 5.74) is 0. The molecule has 17 nitrogen and oxygen atoms in total. The summed E-state index contributed by atoms with van der Waals surface area (Å²) in [6.07, 6.45) is 81.2. The molecule has 5 atom stereocenters. The van der Waals surface area contributed by atoms with Crippen LogP contribution in [0.1, 0.15) is 285 Å². The Hall–Kier alpha value is -5.06. The van der Waals surface area contributed by atoms with Crippen LogP contribution in [0.15, 0.2) is 146 Å². The maximum atomic E-state index is 13.1. The van der Waals surface area contributed by atoms with Gasteiger partial charge in [0.25, 0.3) is 0 Å². The van der Waals surface area contributed by atoms with Crippen LogP contribution in [0.5, 0.6) is 0 Å². The Balaban J connectivity index is 5.44. The van der Waals surface area contributed by atoms with Crippen molar-refractivity contribution >= 4 is 39.5 Å². The van der Waals surface area contributed by atoms with Gasteiger partial charge in [0.05, 0.1) is 26.4 Å². The highest BCUT2D eigenvalue weighted by Gasteiger charge is 2.30. The minimum atomic E-state index is -4.99. The maximum Gasteiger partial charge on any atom is 0.472 e. The van der Waals surface area contributed by atoms with Crippen molar-refractivity contribution in [2.24, 2.45) is 0 Å². The molecular formula is C81H134O17P2. The Morgan fingerprint density at radius 3 is 0.820 bits per heavy atom. The Bertz CT molecular complexity index is 2470. The van der Waals surface area contributed by atoms with E-state index in [0.717, 1.165) is 186 Å². The molecule has 0 radical (unpaired) electrons. The monoisotopic (exact) mass is 1440 g/mol. The fraction of sp³-hybridized carbons (Fsp3) is 0.654. The number of aliphatic hydroxyl groups is 1. The molecule has 0 aliphatic carbocycles. The van der Waals surface area contributed by atoms with E-state index in [-0.39, 0.29) is 25.7 Å². The van der Waals surface area contributed by atoms with Crippen molar-refractivity contribution in [3.63, 3.8) is 0 Å². The molecule has 0 saturated heterocycles. The summed E-state index contributed by atoms with van der Waals surface area (Å²) >= 11 is 0. The first-order valence-corrected chi connectivity index (χ1v) is 41.1. The molecule has 0 spiro atoms. The Morgan fingerprint density at radius 1 is 0.290 bits per heavy atom. The van der Waals surface area contributed by atoms with Crippen LogP contribution in [0.2, 0.25) is 0 Å². The lowest BCUT2D eigenvalue weighted by Gasteiger charge is -2.21. The van der Waals surface area contributed by atoms with Gasteiger partial charge in [0, 0.05) is 25.7 Å². The van der Waals surface area contributed by atoms with Crippen molar-refractivity contribution in [3.8, 4) is 0 Å². The summed E-state index contributed by atoms with van der Waals surface area (Å²) in [7, 11) is -9.99. The van der Waals surface area contributed by atoms with E-state index in [1.807, 2.05) is 0 Å². The van der Waals surface area contributed by atoms with Gasteiger partial charge in [0.2, 0.25) is 0 Å². The second kappa shape index (κ2) is 72.3. The third kappa shape index (κ3) is 71.3. The normalized spacial score (nSPS) is 14.8. The summed E-state index contributed by atoms with van der Waals surface area (Å²) in [5.74, 6) is -2.28. The van der Waals surface area contributed by atoms with Crippen molar-refractivity contribution in [2.75, 3.05) is 39.6 Å². The lowest BCUT2D eigenvalue weighted by molar-refractivity contribution is -0.161. The number of phosphoric ester groups is 2. The number of rotatable bonds is 70. The first-order chi connectivity index (χ1) is 48.7. The van der Waals surface area contributed by atoms with E-state index >= 15 is 0 Å². The molecule has 3 N–H and O–H groups in total. The van der Waals surface area contributed by atoms with Crippen LogP contribution < -0.4 is 0 Å². The summed E-state index contributed by atoms with van der Waals surface area (Å²) in [4.78, 5) is 72.9. The number of esters is 4. The fourth-order valence-corrected chi connectivity index (χ4v) is 11.1. The quantitative estimate of drug-likeness (QED) is 0.0169. The maximum absolute atomic E-state index is 13.1. The zero-order valence-electron chi connectivity index (χ0n) is 62.1. The number of carbonyl (C=O) groups excluding carboxylic acids is 4. The van der Waals surface area contributed by atoms with E-state index in [1.165, 1.54) is 19.3 Å². The average molecular weight is 1440 g/mol. The predicted molar refractivity (Wildman–Crippen MR) is 408 cm³/mol. The van der Waals surface area contributed by atoms with E-state index in [9.17, 15) is 43.2 Å². The standard InChI is InChI=1S/C81H134O17P2/c1-5-9-13-17-21-25-29-33-37-41-45-49-53-57-61-65-78(83)91-71-76(97-80(85)67-63-59-55-51-47-43-39-35-31-27-23-19-15-11-7-3)73-95-99(87,88)93-69-75(82)70-94-100(89,90)96-74-77(98-81(86)68-64-60-56-52-48-44-40-36-32-28-24-20-16-12-8-4)72-92-79(84)66-62-58-54-50-46-42-38-34-30-26-22-18-14-10-6-2/h9-11,13-15,21-28,33-40,46,50,75-77,82H,5-8,12,16-20,29-32,41-45,47-49,51-74H2,1-4H3,(H,87,88)(H,89,90)/b13-9-,14-10-,15-11-,25-21-,26-22-,27-23-,28-24-,37-33-,38-34-,39-35-,40-36-,50-46-. The highest BCUT2D eigenvalue weighted by atomic mass is 31.2. The number of unbranched alkanes of at least 4 members (excludes halogenated alkanes) is 20. The van der Waals surface area contributed by atoms with Gasteiger partial charge in [-0.05, 0) is 161 Å². The van der Waals surface area contributed by atoms with Crippen LogP contribution in [-0.2, 0) is 65.4 Å². The molecule has 0 saturated carbocycles. The second-order valence-corrected chi connectivity index (χ2v) is 27.7. The van der Waals surface area contributed by atoms with Gasteiger partial charge in [0.15, 0.2) is 12.2 Å². The summed E-state index contributed by atoms with van der Waals surface area (Å²) in [6.45, 7) is 4.39. The van der Waals surface area contributed by atoms with Crippen LogP contribution >= 0.6 is 15.6 Å². The highest BCUT2D eigenvalue weighted by Crippen LogP contribution is 2.45. The van der Waals surface area contributed by atoms with E-state index < -0.39 is 97.5 Å². The first-order valence-electron chi connectivity index (χ1n) is 38.1. The van der Waals surface area contributed by atoms with Gasteiger partial charge in [-0.3, -0.25) is 37.3 Å². The van der Waals surface area contributed by atoms with Crippen LogP contribution in [0.25, 0.3) is 0 Å². The Morgan fingerprint density at radius 2 is 0.520 bits per heavy atom. The smallest absolute Gasteiger partial charge is 0.462 e. The van der Waals surface area contributed by atoms with E-state index in [2.05, 4.69) is 174 Å². The molecule has 0 heterocycles. The minimum absolute atomic E-state index is 0.0652. The van der Waals surface area contributed by atoms with Crippen molar-refractivity contribution in [1.29, 1.82) is 0 Å². The van der Waals surface area contributed by atoms with Crippen LogP contribution in [0.4, 0.5) is 0 Å². The van der Waals surface area contributed by atoms with Crippen molar-refractivity contribution in [2.45, 2.75) is 303 Å². The second-order valence-electron chi connectivity index (χ2n) is 24.8.